The van der Waals surface area contributed by atoms with Gasteiger partial charge in [-0.15, -0.1) is 0 Å². The maximum Gasteiger partial charge on any atom is 0.329 e. The van der Waals surface area contributed by atoms with Crippen LogP contribution in [-0.2, 0) is 10.5 Å². The molecule has 0 radical (unpaired) electrons. The number of carbonyl (C=O) groups excluding carboxylic acids is 2. The third kappa shape index (κ3) is 3.67. The van der Waals surface area contributed by atoms with E-state index < -0.39 is 17.7 Å². The lowest BCUT2D eigenvalue weighted by atomic mass is 9.94. The van der Waals surface area contributed by atoms with Crippen LogP contribution in [0.1, 0.15) is 25.3 Å². The molecule has 6 nitrogen and oxygen atoms in total. The zero-order valence-electron chi connectivity index (χ0n) is 14.6. The molecule has 0 saturated heterocycles. The number of halogens is 2. The van der Waals surface area contributed by atoms with Crippen LogP contribution in [0.2, 0.25) is 5.02 Å². The number of hydrogen-bond acceptors (Lipinski definition) is 3. The maximum atomic E-state index is 13.0. The van der Waals surface area contributed by atoms with Crippen LogP contribution in [0.4, 0.5) is 16.2 Å². The van der Waals surface area contributed by atoms with Crippen molar-refractivity contribution in [2.24, 2.45) is 0 Å². The molecule has 0 saturated carbocycles. The molecule has 3 N–H and O–H groups in total. The largest absolute Gasteiger partial charge is 0.359 e. The Morgan fingerprint density at radius 1 is 1.30 bits per heavy atom. The summed E-state index contributed by atoms with van der Waals surface area (Å²) in [6, 6.07) is 10.7. The summed E-state index contributed by atoms with van der Waals surface area (Å²) in [7, 11) is 0. The SMILES string of the molecule is CCCCNC(=O)[C@]1(O)c2cc(Br)ccc2NC(=O)N1c1ccc(Cl)cc1. The molecule has 3 amide bonds. The fraction of sp³-hybridized carbons (Fsp3) is 0.263. The van der Waals surface area contributed by atoms with Gasteiger partial charge in [0.1, 0.15) is 0 Å². The summed E-state index contributed by atoms with van der Waals surface area (Å²) < 4.78 is 0.674. The van der Waals surface area contributed by atoms with Gasteiger partial charge in [-0.1, -0.05) is 40.9 Å². The third-order valence-electron chi connectivity index (χ3n) is 4.34. The second-order valence-corrected chi connectivity index (χ2v) is 7.57. The Morgan fingerprint density at radius 2 is 2.00 bits per heavy atom. The number of rotatable bonds is 5. The van der Waals surface area contributed by atoms with Crippen molar-refractivity contribution < 1.29 is 14.7 Å². The summed E-state index contributed by atoms with van der Waals surface area (Å²) in [6.45, 7) is 2.40. The van der Waals surface area contributed by atoms with E-state index in [0.29, 0.717) is 27.4 Å². The minimum atomic E-state index is -2.21. The molecule has 1 aliphatic heterocycles. The predicted molar refractivity (Wildman–Crippen MR) is 109 cm³/mol. The first-order valence-corrected chi connectivity index (χ1v) is 9.72. The van der Waals surface area contributed by atoms with Gasteiger partial charge in [0.15, 0.2) is 0 Å². The van der Waals surface area contributed by atoms with Gasteiger partial charge in [0, 0.05) is 27.3 Å². The normalized spacial score (nSPS) is 18.7. The first-order valence-electron chi connectivity index (χ1n) is 8.55. The number of hydrogen-bond donors (Lipinski definition) is 3. The van der Waals surface area contributed by atoms with Crippen molar-refractivity contribution in [1.29, 1.82) is 0 Å². The molecule has 2 aromatic carbocycles. The highest BCUT2D eigenvalue weighted by atomic mass is 79.9. The Labute approximate surface area is 170 Å². The zero-order valence-corrected chi connectivity index (χ0v) is 17.0. The minimum absolute atomic E-state index is 0.278. The molecule has 0 unspecified atom stereocenters. The Balaban J connectivity index is 2.13. The van der Waals surface area contributed by atoms with Crippen LogP contribution in [0, 0.1) is 0 Å². The Hall–Kier alpha value is -2.09. The number of carbonyl (C=O) groups is 2. The lowest BCUT2D eigenvalue weighted by Crippen LogP contribution is -2.62. The van der Waals surface area contributed by atoms with E-state index in [9.17, 15) is 14.7 Å². The molecule has 0 aliphatic carbocycles. The fourth-order valence-electron chi connectivity index (χ4n) is 2.97. The molecular weight excluding hydrogens is 434 g/mol. The number of urea groups is 1. The molecular formula is C19H19BrClN3O3. The smallest absolute Gasteiger partial charge is 0.329 e. The van der Waals surface area contributed by atoms with Crippen molar-refractivity contribution in [3.05, 3.63) is 57.5 Å². The molecule has 1 atom stereocenters. The maximum absolute atomic E-state index is 13.0. The summed E-state index contributed by atoms with van der Waals surface area (Å²) >= 11 is 9.30. The van der Waals surface area contributed by atoms with Gasteiger partial charge >= 0.3 is 6.03 Å². The van der Waals surface area contributed by atoms with Gasteiger partial charge in [-0.25, -0.2) is 4.79 Å². The van der Waals surface area contributed by atoms with Gasteiger partial charge in [0.05, 0.1) is 5.69 Å². The topological polar surface area (TPSA) is 81.7 Å². The van der Waals surface area contributed by atoms with Gasteiger partial charge in [0.2, 0.25) is 0 Å². The van der Waals surface area contributed by atoms with Crippen LogP contribution in [0.3, 0.4) is 0 Å². The molecule has 3 rings (SSSR count). The number of unbranched alkanes of at least 4 members (excludes halogenated alkanes) is 1. The molecule has 142 valence electrons. The van der Waals surface area contributed by atoms with Crippen molar-refractivity contribution in [2.45, 2.75) is 25.5 Å². The van der Waals surface area contributed by atoms with Crippen LogP contribution in [0.15, 0.2) is 46.9 Å². The fourth-order valence-corrected chi connectivity index (χ4v) is 3.46. The van der Waals surface area contributed by atoms with Crippen LogP contribution in [0.25, 0.3) is 0 Å². The van der Waals surface area contributed by atoms with E-state index in [1.807, 2.05) is 6.92 Å². The van der Waals surface area contributed by atoms with Crippen LogP contribution >= 0.6 is 27.5 Å². The van der Waals surface area contributed by atoms with Gasteiger partial charge in [-0.2, -0.15) is 0 Å². The highest BCUT2D eigenvalue weighted by Gasteiger charge is 2.52. The van der Waals surface area contributed by atoms with Gasteiger partial charge in [-0.05, 0) is 48.9 Å². The van der Waals surface area contributed by atoms with Gasteiger partial charge in [0.25, 0.3) is 11.6 Å². The average molecular weight is 453 g/mol. The molecule has 8 heteroatoms. The van der Waals surface area contributed by atoms with E-state index in [0.717, 1.165) is 17.7 Å². The second kappa shape index (κ2) is 7.88. The van der Waals surface area contributed by atoms with Crippen LogP contribution in [-0.4, -0.2) is 23.6 Å². The van der Waals surface area contributed by atoms with Crippen LogP contribution in [0.5, 0.6) is 0 Å². The molecule has 1 heterocycles. The number of anilines is 2. The predicted octanol–water partition coefficient (Wildman–Crippen LogP) is 4.22. The van der Waals surface area contributed by atoms with E-state index >= 15 is 0 Å². The quantitative estimate of drug-likeness (QED) is 0.594. The first kappa shape index (κ1) is 19.7. The summed E-state index contributed by atoms with van der Waals surface area (Å²) in [6.07, 6.45) is 1.66. The molecule has 0 spiro atoms. The summed E-state index contributed by atoms with van der Waals surface area (Å²) in [4.78, 5) is 26.9. The Bertz CT molecular complexity index is 875. The molecule has 0 bridgehead atoms. The third-order valence-corrected chi connectivity index (χ3v) is 5.09. The number of amides is 3. The van der Waals surface area contributed by atoms with Crippen molar-refractivity contribution in [3.63, 3.8) is 0 Å². The average Bonchev–Trinajstić information content (AvgIpc) is 2.64. The summed E-state index contributed by atoms with van der Waals surface area (Å²) in [5.74, 6) is -0.667. The van der Waals surface area contributed by atoms with E-state index in [1.54, 1.807) is 42.5 Å². The number of benzene rings is 2. The number of nitrogens with zero attached hydrogens (tertiary/aromatic N) is 1. The van der Waals surface area contributed by atoms with Crippen molar-refractivity contribution in [3.8, 4) is 0 Å². The van der Waals surface area contributed by atoms with Gasteiger partial charge in [-0.3, -0.25) is 9.69 Å². The zero-order chi connectivity index (χ0) is 19.6. The van der Waals surface area contributed by atoms with E-state index in [1.165, 1.54) is 0 Å². The van der Waals surface area contributed by atoms with Crippen molar-refractivity contribution in [1.82, 2.24) is 5.32 Å². The molecule has 0 aromatic heterocycles. The number of nitrogens with one attached hydrogen (secondary N) is 2. The molecule has 1 aliphatic rings. The van der Waals surface area contributed by atoms with E-state index in [2.05, 4.69) is 26.6 Å². The van der Waals surface area contributed by atoms with E-state index in [4.69, 9.17) is 11.6 Å². The molecule has 2 aromatic rings. The monoisotopic (exact) mass is 451 g/mol. The minimum Gasteiger partial charge on any atom is -0.359 e. The number of aliphatic hydroxyl groups is 1. The van der Waals surface area contributed by atoms with Gasteiger partial charge < -0.3 is 15.7 Å². The lowest BCUT2D eigenvalue weighted by Gasteiger charge is -2.42. The molecule has 27 heavy (non-hydrogen) atoms. The highest BCUT2D eigenvalue weighted by Crippen LogP contribution is 2.41. The van der Waals surface area contributed by atoms with Crippen molar-refractivity contribution in [2.75, 3.05) is 16.8 Å². The highest BCUT2D eigenvalue weighted by molar-refractivity contribution is 9.10. The number of fused-ring (bicyclic) bond motifs is 1. The summed E-state index contributed by atoms with van der Waals surface area (Å²) in [5, 5.41) is 17.5. The summed E-state index contributed by atoms with van der Waals surface area (Å²) in [5.41, 5.74) is -1.21. The van der Waals surface area contributed by atoms with Crippen LogP contribution < -0.4 is 15.5 Å². The standard InChI is InChI=1S/C19H19BrClN3O3/c1-2-3-10-22-17(25)19(27)15-11-12(20)4-9-16(15)23-18(26)24(19)14-7-5-13(21)6-8-14/h4-9,11,27H,2-3,10H2,1H3,(H,22,25)(H,23,26)/t19-/m1/s1. The van der Waals surface area contributed by atoms with E-state index in [-0.39, 0.29) is 5.56 Å². The first-order chi connectivity index (χ1) is 12.9. The van der Waals surface area contributed by atoms with Crippen molar-refractivity contribution >= 4 is 50.8 Å². The lowest BCUT2D eigenvalue weighted by molar-refractivity contribution is -0.140. The molecule has 0 fully saturated rings. The second-order valence-electron chi connectivity index (χ2n) is 6.21. The Morgan fingerprint density at radius 3 is 2.67 bits per heavy atom. The Kier molecular flexibility index (Phi) is 5.74.